The second kappa shape index (κ2) is 16.6. The van der Waals surface area contributed by atoms with E-state index in [9.17, 15) is 4.79 Å². The molecule has 0 unspecified atom stereocenters. The highest BCUT2D eigenvalue weighted by Gasteiger charge is 2.40. The summed E-state index contributed by atoms with van der Waals surface area (Å²) in [6.45, 7) is 5.90. The van der Waals surface area contributed by atoms with Gasteiger partial charge in [-0.3, -0.25) is 9.59 Å². The van der Waals surface area contributed by atoms with Crippen molar-refractivity contribution in [1.82, 2.24) is 34.5 Å². The molecule has 10 heteroatoms. The number of imide groups is 1. The van der Waals surface area contributed by atoms with Gasteiger partial charge in [0.2, 0.25) is 0 Å². The highest BCUT2D eigenvalue weighted by molar-refractivity contribution is 6.36. The van der Waals surface area contributed by atoms with Crippen LogP contribution in [0.3, 0.4) is 0 Å². The number of aromatic nitrogens is 7. The van der Waals surface area contributed by atoms with E-state index in [1.54, 1.807) is 6.07 Å². The first-order chi connectivity index (χ1) is 33.8. The lowest BCUT2D eigenvalue weighted by atomic mass is 10.0. The van der Waals surface area contributed by atoms with E-state index in [4.69, 9.17) is 29.9 Å². The van der Waals surface area contributed by atoms with Gasteiger partial charge in [0.05, 0.1) is 33.5 Å². The Balaban J connectivity index is 1.11. The van der Waals surface area contributed by atoms with Crippen LogP contribution >= 0.6 is 0 Å². The molecule has 1 aliphatic heterocycles. The van der Waals surface area contributed by atoms with Gasteiger partial charge in [-0.25, -0.2) is 34.8 Å². The molecule has 10 nitrogen and oxygen atoms in total. The fourth-order valence-corrected chi connectivity index (χ4v) is 9.61. The molecular weight excluding hydrogens is 853 g/mol. The first-order valence-electron chi connectivity index (χ1n) is 22.7. The van der Waals surface area contributed by atoms with Crippen LogP contribution in [-0.4, -0.2) is 46.3 Å². The van der Waals surface area contributed by atoms with Crippen LogP contribution in [0.5, 0.6) is 0 Å². The Morgan fingerprint density at radius 2 is 0.739 bits per heavy atom. The average molecular weight is 893 g/mol. The molecule has 0 N–H and O–H groups in total. The summed E-state index contributed by atoms with van der Waals surface area (Å²) < 4.78 is 2.08. The van der Waals surface area contributed by atoms with E-state index in [-0.39, 0.29) is 5.91 Å². The summed E-state index contributed by atoms with van der Waals surface area (Å²) in [5.41, 5.74) is 11.0. The number of amides is 2. The second-order valence-corrected chi connectivity index (χ2v) is 17.3. The van der Waals surface area contributed by atoms with Crippen LogP contribution in [0.25, 0.3) is 95.8 Å². The van der Waals surface area contributed by atoms with Gasteiger partial charge in [-0.05, 0) is 56.2 Å². The zero-order valence-electron chi connectivity index (χ0n) is 37.8. The van der Waals surface area contributed by atoms with E-state index in [1.807, 2.05) is 178 Å². The van der Waals surface area contributed by atoms with Gasteiger partial charge in [0.25, 0.3) is 11.8 Å². The highest BCUT2D eigenvalue weighted by atomic mass is 16.2. The smallest absolute Gasteiger partial charge is 0.268 e. The van der Waals surface area contributed by atoms with Gasteiger partial charge in [-0.1, -0.05) is 169 Å². The molecule has 0 radical (unpaired) electrons. The second-order valence-electron chi connectivity index (χ2n) is 17.3. The van der Waals surface area contributed by atoms with Crippen LogP contribution < -0.4 is 4.90 Å². The molecule has 3 aromatic heterocycles. The number of carbonyl (C=O) groups excluding carboxylic acids is 2. The molecule has 0 atom stereocenters. The summed E-state index contributed by atoms with van der Waals surface area (Å²) in [5, 5.41) is 1.84. The minimum absolute atomic E-state index is 0.312. The summed E-state index contributed by atoms with van der Waals surface area (Å²) in [4.78, 5) is 61.1. The number of carbonyl (C=O) groups is 2. The Morgan fingerprint density at radius 3 is 1.13 bits per heavy atom. The van der Waals surface area contributed by atoms with Crippen molar-refractivity contribution < 1.29 is 9.59 Å². The van der Waals surface area contributed by atoms with Crippen molar-refractivity contribution in [3.63, 3.8) is 0 Å². The van der Waals surface area contributed by atoms with Crippen molar-refractivity contribution in [1.29, 1.82) is 0 Å². The maximum Gasteiger partial charge on any atom is 0.268 e. The van der Waals surface area contributed by atoms with Crippen molar-refractivity contribution >= 4 is 39.3 Å². The lowest BCUT2D eigenvalue weighted by Crippen LogP contribution is -2.31. The van der Waals surface area contributed by atoms with Gasteiger partial charge >= 0.3 is 0 Å². The predicted molar refractivity (Wildman–Crippen MR) is 272 cm³/mol. The summed E-state index contributed by atoms with van der Waals surface area (Å²) in [6, 6.07) is 61.3. The van der Waals surface area contributed by atoms with E-state index >= 15 is 4.79 Å². The number of nitrogens with zero attached hydrogens (tertiary/aromatic N) is 8. The predicted octanol–water partition coefficient (Wildman–Crippen LogP) is 12.9. The molecule has 0 aliphatic carbocycles. The van der Waals surface area contributed by atoms with Gasteiger partial charge in [-0.15, -0.1) is 0 Å². The van der Waals surface area contributed by atoms with Crippen LogP contribution in [0.4, 0.5) is 5.69 Å². The minimum Gasteiger partial charge on any atom is -0.308 e. The summed E-state index contributed by atoms with van der Waals surface area (Å²) in [6.07, 6.45) is 0. The molecule has 0 saturated heterocycles. The molecular formula is C59H40N8O2. The van der Waals surface area contributed by atoms with Gasteiger partial charge in [-0.2, -0.15) is 0 Å². The van der Waals surface area contributed by atoms with Crippen LogP contribution in [-0.2, 0) is 0 Å². The quantitative estimate of drug-likeness (QED) is 0.138. The van der Waals surface area contributed by atoms with Crippen LogP contribution in [0, 0.1) is 20.8 Å². The molecule has 0 saturated carbocycles. The molecule has 12 rings (SSSR count). The van der Waals surface area contributed by atoms with Crippen LogP contribution in [0.2, 0.25) is 0 Å². The zero-order valence-corrected chi connectivity index (χ0v) is 37.8. The number of fused-ring (bicyclic) bond motifs is 4. The lowest BCUT2D eigenvalue weighted by molar-refractivity contribution is 0.0925. The molecule has 2 amide bonds. The fourth-order valence-electron chi connectivity index (χ4n) is 9.61. The summed E-state index contributed by atoms with van der Waals surface area (Å²) in [7, 11) is 0. The van der Waals surface area contributed by atoms with E-state index in [0.717, 1.165) is 71.9 Å². The molecule has 1 aliphatic rings. The third-order valence-corrected chi connectivity index (χ3v) is 12.7. The van der Waals surface area contributed by atoms with Crippen LogP contribution in [0.15, 0.2) is 188 Å². The fraction of sp³-hybridized carbons (Fsp3) is 0.0508. The van der Waals surface area contributed by atoms with Gasteiger partial charge < -0.3 is 4.57 Å². The minimum atomic E-state index is -0.391. The molecule has 69 heavy (non-hydrogen) atoms. The van der Waals surface area contributed by atoms with E-state index in [1.165, 1.54) is 4.90 Å². The van der Waals surface area contributed by atoms with E-state index < -0.39 is 5.91 Å². The first kappa shape index (κ1) is 41.2. The number of aryl methyl sites for hydroxylation is 3. The van der Waals surface area contributed by atoms with Crippen molar-refractivity contribution in [2.75, 3.05) is 4.90 Å². The normalized spacial score (nSPS) is 12.3. The van der Waals surface area contributed by atoms with Crippen LogP contribution in [0.1, 0.15) is 37.4 Å². The van der Waals surface area contributed by atoms with Gasteiger partial charge in [0, 0.05) is 44.2 Å². The Kier molecular flexibility index (Phi) is 9.88. The Hall–Kier alpha value is -9.28. The maximum atomic E-state index is 15.1. The average Bonchev–Trinajstić information content (AvgIpc) is 3.85. The van der Waals surface area contributed by atoms with Crippen molar-refractivity contribution in [3.05, 3.63) is 216 Å². The number of rotatable bonds is 8. The number of anilines is 1. The lowest BCUT2D eigenvalue weighted by Gasteiger charge is -2.20. The zero-order chi connectivity index (χ0) is 46.8. The molecule has 4 heterocycles. The Labute approximate surface area is 397 Å². The molecule has 0 fully saturated rings. The van der Waals surface area contributed by atoms with Gasteiger partial charge in [0.1, 0.15) is 0 Å². The summed E-state index contributed by atoms with van der Waals surface area (Å²) >= 11 is 0. The molecule has 11 aromatic rings. The molecule has 0 bridgehead atoms. The third kappa shape index (κ3) is 7.13. The van der Waals surface area contributed by atoms with E-state index in [0.29, 0.717) is 57.4 Å². The van der Waals surface area contributed by atoms with E-state index in [2.05, 4.69) is 28.8 Å². The Morgan fingerprint density at radius 1 is 0.362 bits per heavy atom. The highest BCUT2D eigenvalue weighted by Crippen LogP contribution is 2.41. The van der Waals surface area contributed by atoms with Gasteiger partial charge in [0.15, 0.2) is 34.9 Å². The number of hydrogen-bond acceptors (Lipinski definition) is 8. The molecule has 8 aromatic carbocycles. The Bertz CT molecular complexity index is 3530. The van der Waals surface area contributed by atoms with Crippen molar-refractivity contribution in [2.45, 2.75) is 20.8 Å². The van der Waals surface area contributed by atoms with Crippen molar-refractivity contribution in [2.24, 2.45) is 0 Å². The largest absolute Gasteiger partial charge is 0.308 e. The van der Waals surface area contributed by atoms with Crippen molar-refractivity contribution in [3.8, 4) is 74.0 Å². The third-order valence-electron chi connectivity index (χ3n) is 12.7. The molecule has 0 spiro atoms. The topological polar surface area (TPSA) is 120 Å². The number of benzene rings is 8. The SMILES string of the molecule is Cc1cc(C)c(N2C(=O)c3cccc(-n4c5cc(-c6nc(-c7ccccc7)nc(-c7ccccc7)n6)ccc5c5ccc(-c6nc(-c7ccccc7)nc(-c7ccccc7)n6)cc54)c3C2=O)c(C)c1. The summed E-state index contributed by atoms with van der Waals surface area (Å²) in [5.74, 6) is 2.37. The first-order valence-corrected chi connectivity index (χ1v) is 22.7. The number of hydrogen-bond donors (Lipinski definition) is 0. The monoisotopic (exact) mass is 892 g/mol. The molecule has 328 valence electrons. The standard InChI is InChI=1S/C59H40N8O2/c1-35-31-36(2)51(37(3)32-35)67-58(68)46-25-16-26-47(50(46)59(67)69)66-48-33-42(56-62-52(38-17-8-4-9-18-38)60-53(63-56)39-19-10-5-11-20-39)27-29-44(48)45-30-28-43(34-49(45)66)57-64-54(40-21-12-6-13-22-40)61-55(65-57)41-23-14-7-15-24-41/h4-34H,1-3H3. The maximum absolute atomic E-state index is 15.1.